The second kappa shape index (κ2) is 7.20. The van der Waals surface area contributed by atoms with E-state index in [2.05, 4.69) is 12.2 Å². The van der Waals surface area contributed by atoms with Crippen molar-refractivity contribution in [2.75, 3.05) is 20.3 Å². The third-order valence-electron chi connectivity index (χ3n) is 5.75. The Hall–Kier alpha value is -1.10. The number of hydrogen-bond acceptors (Lipinski definition) is 4. The third kappa shape index (κ3) is 3.25. The SMILES string of the molecule is CCOC1CC(NCC(O)c2ccc(OC)cc2)C12CCCC2. The molecule has 23 heavy (non-hydrogen) atoms. The number of hydrogen-bond donors (Lipinski definition) is 2. The molecule has 0 radical (unpaired) electrons. The van der Waals surface area contributed by atoms with Crippen LogP contribution in [-0.2, 0) is 4.74 Å². The van der Waals surface area contributed by atoms with Crippen molar-refractivity contribution in [3.63, 3.8) is 0 Å². The van der Waals surface area contributed by atoms with Gasteiger partial charge in [-0.2, -0.15) is 0 Å². The maximum atomic E-state index is 10.4. The van der Waals surface area contributed by atoms with Gasteiger partial charge < -0.3 is 19.9 Å². The van der Waals surface area contributed by atoms with Gasteiger partial charge in [0, 0.05) is 24.6 Å². The summed E-state index contributed by atoms with van der Waals surface area (Å²) in [6.07, 6.45) is 6.13. The summed E-state index contributed by atoms with van der Waals surface area (Å²) in [4.78, 5) is 0. The summed E-state index contributed by atoms with van der Waals surface area (Å²) >= 11 is 0. The second-order valence-electron chi connectivity index (χ2n) is 6.87. The molecule has 4 nitrogen and oxygen atoms in total. The topological polar surface area (TPSA) is 50.7 Å². The summed E-state index contributed by atoms with van der Waals surface area (Å²) < 4.78 is 11.1. The van der Waals surface area contributed by atoms with Crippen LogP contribution in [0.25, 0.3) is 0 Å². The minimum absolute atomic E-state index is 0.315. The Kier molecular flexibility index (Phi) is 5.24. The van der Waals surface area contributed by atoms with Crippen LogP contribution >= 0.6 is 0 Å². The largest absolute Gasteiger partial charge is 0.497 e. The molecule has 2 aliphatic rings. The molecule has 0 aromatic heterocycles. The summed E-state index contributed by atoms with van der Waals surface area (Å²) in [7, 11) is 1.65. The van der Waals surface area contributed by atoms with Crippen molar-refractivity contribution in [2.45, 2.75) is 57.3 Å². The number of ether oxygens (including phenoxy) is 2. The molecular weight excluding hydrogens is 290 g/mol. The third-order valence-corrected chi connectivity index (χ3v) is 5.75. The average molecular weight is 319 g/mol. The fourth-order valence-electron chi connectivity index (χ4n) is 4.37. The number of benzene rings is 1. The zero-order chi connectivity index (χ0) is 16.3. The summed E-state index contributed by atoms with van der Waals surface area (Å²) in [5, 5.41) is 14.0. The van der Waals surface area contributed by atoms with E-state index in [-0.39, 0.29) is 0 Å². The van der Waals surface area contributed by atoms with Gasteiger partial charge in [0.1, 0.15) is 5.75 Å². The first kappa shape index (κ1) is 16.7. The number of aliphatic hydroxyl groups excluding tert-OH is 1. The highest BCUT2D eigenvalue weighted by Gasteiger charge is 2.56. The van der Waals surface area contributed by atoms with Gasteiger partial charge in [-0.05, 0) is 43.9 Å². The highest BCUT2D eigenvalue weighted by Crippen LogP contribution is 2.54. The molecule has 3 unspecified atom stereocenters. The van der Waals surface area contributed by atoms with Gasteiger partial charge in [-0.3, -0.25) is 0 Å². The van der Waals surface area contributed by atoms with E-state index in [1.165, 1.54) is 25.7 Å². The molecule has 2 fully saturated rings. The van der Waals surface area contributed by atoms with Crippen molar-refractivity contribution in [3.8, 4) is 5.75 Å². The number of methoxy groups -OCH3 is 1. The van der Waals surface area contributed by atoms with E-state index in [4.69, 9.17) is 9.47 Å². The summed E-state index contributed by atoms with van der Waals surface area (Å²) in [6, 6.07) is 8.13. The average Bonchev–Trinajstić information content (AvgIpc) is 3.10. The molecule has 0 bridgehead atoms. The van der Waals surface area contributed by atoms with Gasteiger partial charge in [-0.25, -0.2) is 0 Å². The fourth-order valence-corrected chi connectivity index (χ4v) is 4.37. The first-order valence-electron chi connectivity index (χ1n) is 8.86. The minimum Gasteiger partial charge on any atom is -0.497 e. The molecule has 2 saturated carbocycles. The predicted octanol–water partition coefficient (Wildman–Crippen LogP) is 3.06. The van der Waals surface area contributed by atoms with Gasteiger partial charge in [0.2, 0.25) is 0 Å². The summed E-state index contributed by atoms with van der Waals surface area (Å²) in [5.41, 5.74) is 1.25. The minimum atomic E-state index is -0.481. The molecule has 0 aliphatic heterocycles. The van der Waals surface area contributed by atoms with Crippen LogP contribution < -0.4 is 10.1 Å². The number of rotatable bonds is 7. The Morgan fingerprint density at radius 2 is 1.96 bits per heavy atom. The van der Waals surface area contributed by atoms with Crippen LogP contribution in [0.3, 0.4) is 0 Å². The molecule has 4 heteroatoms. The van der Waals surface area contributed by atoms with Crippen LogP contribution in [0.4, 0.5) is 0 Å². The van der Waals surface area contributed by atoms with Crippen molar-refractivity contribution < 1.29 is 14.6 Å². The Balaban J connectivity index is 1.55. The zero-order valence-electron chi connectivity index (χ0n) is 14.3. The molecular formula is C19H29NO3. The molecule has 0 amide bonds. The quantitative estimate of drug-likeness (QED) is 0.811. The van der Waals surface area contributed by atoms with E-state index in [0.29, 0.717) is 24.1 Å². The normalized spacial score (nSPS) is 26.9. The molecule has 2 aliphatic carbocycles. The van der Waals surface area contributed by atoms with E-state index in [1.54, 1.807) is 7.11 Å². The monoisotopic (exact) mass is 319 g/mol. The van der Waals surface area contributed by atoms with Crippen LogP contribution in [0.15, 0.2) is 24.3 Å². The molecule has 2 N–H and O–H groups in total. The molecule has 1 aromatic rings. The Bertz CT molecular complexity index is 496. The van der Waals surface area contributed by atoms with Gasteiger partial charge in [-0.15, -0.1) is 0 Å². The summed E-state index contributed by atoms with van der Waals surface area (Å²) in [6.45, 7) is 3.47. The molecule has 3 atom stereocenters. The predicted molar refractivity (Wildman–Crippen MR) is 90.7 cm³/mol. The number of nitrogens with one attached hydrogen (secondary N) is 1. The van der Waals surface area contributed by atoms with E-state index < -0.39 is 6.10 Å². The van der Waals surface area contributed by atoms with E-state index in [9.17, 15) is 5.11 Å². The van der Waals surface area contributed by atoms with Crippen molar-refractivity contribution in [2.24, 2.45) is 5.41 Å². The lowest BCUT2D eigenvalue weighted by Crippen LogP contribution is -2.63. The smallest absolute Gasteiger partial charge is 0.118 e. The zero-order valence-corrected chi connectivity index (χ0v) is 14.3. The lowest BCUT2D eigenvalue weighted by atomic mass is 9.60. The van der Waals surface area contributed by atoms with E-state index in [1.807, 2.05) is 24.3 Å². The molecule has 1 spiro atoms. The first-order valence-corrected chi connectivity index (χ1v) is 8.86. The van der Waals surface area contributed by atoms with Crippen molar-refractivity contribution in [1.82, 2.24) is 5.32 Å². The second-order valence-corrected chi connectivity index (χ2v) is 6.87. The molecule has 3 rings (SSSR count). The molecule has 0 heterocycles. The standard InChI is InChI=1S/C19H29NO3/c1-3-23-18-12-17(19(18)10-4-5-11-19)20-13-16(21)14-6-8-15(22-2)9-7-14/h6-9,16-18,20-21H,3-5,10-13H2,1-2H3. The van der Waals surface area contributed by atoms with Gasteiger partial charge in [0.15, 0.2) is 0 Å². The van der Waals surface area contributed by atoms with Crippen molar-refractivity contribution in [3.05, 3.63) is 29.8 Å². The maximum absolute atomic E-state index is 10.4. The van der Waals surface area contributed by atoms with Gasteiger partial charge in [-0.1, -0.05) is 25.0 Å². The van der Waals surface area contributed by atoms with Crippen LogP contribution in [0.2, 0.25) is 0 Å². The van der Waals surface area contributed by atoms with Crippen LogP contribution in [-0.4, -0.2) is 37.5 Å². The van der Waals surface area contributed by atoms with Gasteiger partial charge in [0.25, 0.3) is 0 Å². The van der Waals surface area contributed by atoms with Gasteiger partial charge in [0.05, 0.1) is 19.3 Å². The first-order chi connectivity index (χ1) is 11.2. The molecule has 0 saturated heterocycles. The summed E-state index contributed by atoms with van der Waals surface area (Å²) in [5.74, 6) is 0.817. The Morgan fingerprint density at radius 1 is 1.26 bits per heavy atom. The fraction of sp³-hybridized carbons (Fsp3) is 0.684. The number of aliphatic hydroxyl groups is 1. The van der Waals surface area contributed by atoms with Crippen LogP contribution in [0.5, 0.6) is 5.75 Å². The highest BCUT2D eigenvalue weighted by molar-refractivity contribution is 5.28. The molecule has 1 aromatic carbocycles. The lowest BCUT2D eigenvalue weighted by molar-refractivity contribution is -0.131. The van der Waals surface area contributed by atoms with Crippen LogP contribution in [0, 0.1) is 5.41 Å². The lowest BCUT2D eigenvalue weighted by Gasteiger charge is -2.54. The van der Waals surface area contributed by atoms with E-state index >= 15 is 0 Å². The highest BCUT2D eigenvalue weighted by atomic mass is 16.5. The Morgan fingerprint density at radius 3 is 2.57 bits per heavy atom. The van der Waals surface area contributed by atoms with Crippen molar-refractivity contribution in [1.29, 1.82) is 0 Å². The molecule has 128 valence electrons. The van der Waals surface area contributed by atoms with Gasteiger partial charge >= 0.3 is 0 Å². The van der Waals surface area contributed by atoms with Crippen molar-refractivity contribution >= 4 is 0 Å². The maximum Gasteiger partial charge on any atom is 0.118 e. The Labute approximate surface area is 139 Å². The van der Waals surface area contributed by atoms with Crippen LogP contribution in [0.1, 0.15) is 50.7 Å². The van der Waals surface area contributed by atoms with E-state index in [0.717, 1.165) is 24.3 Å².